The average Bonchev–Trinajstić information content (AvgIpc) is 3.41. The number of hydroxylamine groups is 2. The van der Waals surface area contributed by atoms with E-state index in [9.17, 15) is 19.5 Å². The van der Waals surface area contributed by atoms with Crippen LogP contribution in [-0.2, 0) is 35.7 Å². The van der Waals surface area contributed by atoms with Crippen molar-refractivity contribution >= 4 is 28.8 Å². The Kier molecular flexibility index (Phi) is 10.2. The molecule has 0 aliphatic rings. The standard InChI is InChI=1S/C37H38N4O5/c1-4-11-33-39-34-25(2)20-31(21-32(34)40(33)22-28-16-18-30(19-17-28)37(44)45)35(42)38-26(3)36(43)41(23-27-12-7-5-8-13-27)46-24-29-14-9-6-10-15-29/h5-10,12-21,26H,4,11,22-24H2,1-3H3,(H,38,42)(H,44,45)/t26-/m1/s1. The number of aromatic carboxylic acids is 1. The lowest BCUT2D eigenvalue weighted by atomic mass is 10.1. The SMILES string of the molecule is CCCc1nc2c(C)cc(C(=O)N[C@H](C)C(=O)N(Cc3ccccc3)OCc3ccccc3)cc2n1Cc1ccc(C(=O)O)cc1. The van der Waals surface area contributed by atoms with Gasteiger partial charge < -0.3 is 15.0 Å². The zero-order chi connectivity index (χ0) is 32.6. The lowest BCUT2D eigenvalue weighted by molar-refractivity contribution is -0.197. The second-order valence-corrected chi connectivity index (χ2v) is 11.3. The molecule has 0 spiro atoms. The van der Waals surface area contributed by atoms with E-state index in [0.29, 0.717) is 12.1 Å². The predicted molar refractivity (Wildman–Crippen MR) is 176 cm³/mol. The molecule has 1 atom stereocenters. The molecule has 0 saturated carbocycles. The highest BCUT2D eigenvalue weighted by Gasteiger charge is 2.25. The summed E-state index contributed by atoms with van der Waals surface area (Å²) >= 11 is 0. The van der Waals surface area contributed by atoms with Gasteiger partial charge in [0.1, 0.15) is 18.5 Å². The highest BCUT2D eigenvalue weighted by molar-refractivity contribution is 6.00. The van der Waals surface area contributed by atoms with Gasteiger partial charge in [0.05, 0.1) is 23.1 Å². The van der Waals surface area contributed by atoms with Crippen LogP contribution in [0, 0.1) is 6.92 Å². The Morgan fingerprint density at radius 3 is 2.17 bits per heavy atom. The number of amides is 2. The number of fused-ring (bicyclic) bond motifs is 1. The van der Waals surface area contributed by atoms with Crippen molar-refractivity contribution in [3.05, 3.63) is 136 Å². The lowest BCUT2D eigenvalue weighted by Gasteiger charge is -2.25. The number of carbonyl (C=O) groups excluding carboxylic acids is 2. The number of hydrogen-bond acceptors (Lipinski definition) is 5. The fraction of sp³-hybridized carbons (Fsp3) is 0.243. The molecule has 236 valence electrons. The molecule has 9 nitrogen and oxygen atoms in total. The molecule has 0 saturated heterocycles. The van der Waals surface area contributed by atoms with Crippen LogP contribution in [0.4, 0.5) is 0 Å². The maximum absolute atomic E-state index is 13.6. The number of hydrogen-bond donors (Lipinski definition) is 2. The van der Waals surface area contributed by atoms with E-state index in [2.05, 4.69) is 16.8 Å². The number of nitrogens with one attached hydrogen (secondary N) is 1. The van der Waals surface area contributed by atoms with Crippen LogP contribution in [0.15, 0.2) is 97.1 Å². The van der Waals surface area contributed by atoms with Gasteiger partial charge in [0.15, 0.2) is 0 Å². The quantitative estimate of drug-likeness (QED) is 0.149. The number of carbonyl (C=O) groups is 3. The maximum Gasteiger partial charge on any atom is 0.335 e. The van der Waals surface area contributed by atoms with Gasteiger partial charge in [0, 0.05) is 18.5 Å². The van der Waals surface area contributed by atoms with E-state index in [1.165, 1.54) is 5.06 Å². The first-order valence-corrected chi connectivity index (χ1v) is 15.4. The predicted octanol–water partition coefficient (Wildman–Crippen LogP) is 6.32. The number of carboxylic acids is 1. The summed E-state index contributed by atoms with van der Waals surface area (Å²) in [6.45, 7) is 6.56. The third-order valence-corrected chi connectivity index (χ3v) is 7.76. The smallest absolute Gasteiger partial charge is 0.335 e. The van der Waals surface area contributed by atoms with Crippen LogP contribution >= 0.6 is 0 Å². The third kappa shape index (κ3) is 7.68. The van der Waals surface area contributed by atoms with Crippen molar-refractivity contribution in [1.82, 2.24) is 19.9 Å². The first-order valence-electron chi connectivity index (χ1n) is 15.4. The van der Waals surface area contributed by atoms with Crippen molar-refractivity contribution < 1.29 is 24.3 Å². The van der Waals surface area contributed by atoms with E-state index in [1.807, 2.05) is 67.6 Å². The van der Waals surface area contributed by atoms with Crippen molar-refractivity contribution in [2.75, 3.05) is 0 Å². The van der Waals surface area contributed by atoms with Crippen LogP contribution in [0.5, 0.6) is 0 Å². The Morgan fingerprint density at radius 1 is 0.891 bits per heavy atom. The molecule has 0 aliphatic carbocycles. The second kappa shape index (κ2) is 14.7. The van der Waals surface area contributed by atoms with Gasteiger partial charge in [-0.15, -0.1) is 0 Å². The minimum absolute atomic E-state index is 0.207. The summed E-state index contributed by atoms with van der Waals surface area (Å²) in [4.78, 5) is 49.5. The molecule has 2 amide bonds. The Balaban J connectivity index is 1.37. The van der Waals surface area contributed by atoms with E-state index in [-0.39, 0.29) is 30.5 Å². The summed E-state index contributed by atoms with van der Waals surface area (Å²) in [5.41, 5.74) is 5.82. The number of aryl methyl sites for hydroxylation is 2. The van der Waals surface area contributed by atoms with Gasteiger partial charge >= 0.3 is 5.97 Å². The van der Waals surface area contributed by atoms with E-state index < -0.39 is 12.0 Å². The third-order valence-electron chi connectivity index (χ3n) is 7.76. The van der Waals surface area contributed by atoms with Gasteiger partial charge in [-0.25, -0.2) is 14.8 Å². The number of benzene rings is 4. The minimum Gasteiger partial charge on any atom is -0.478 e. The fourth-order valence-electron chi connectivity index (χ4n) is 5.32. The molecule has 0 radical (unpaired) electrons. The minimum atomic E-state index is -0.976. The molecule has 0 aliphatic heterocycles. The first-order chi connectivity index (χ1) is 22.2. The molecule has 1 aromatic heterocycles. The van der Waals surface area contributed by atoms with E-state index in [0.717, 1.165) is 52.0 Å². The van der Waals surface area contributed by atoms with Crippen LogP contribution in [0.25, 0.3) is 11.0 Å². The summed E-state index contributed by atoms with van der Waals surface area (Å²) < 4.78 is 2.08. The fourth-order valence-corrected chi connectivity index (χ4v) is 5.32. The molecule has 2 N–H and O–H groups in total. The van der Waals surface area contributed by atoms with E-state index >= 15 is 0 Å². The normalized spacial score (nSPS) is 11.7. The number of nitrogens with zero attached hydrogens (tertiary/aromatic N) is 3. The highest BCUT2D eigenvalue weighted by atomic mass is 16.7. The van der Waals surface area contributed by atoms with Crippen molar-refractivity contribution in [2.24, 2.45) is 0 Å². The van der Waals surface area contributed by atoms with Crippen LogP contribution in [0.2, 0.25) is 0 Å². The molecule has 5 rings (SSSR count). The van der Waals surface area contributed by atoms with Crippen molar-refractivity contribution in [3.8, 4) is 0 Å². The van der Waals surface area contributed by atoms with E-state index in [1.54, 1.807) is 43.3 Å². The highest BCUT2D eigenvalue weighted by Crippen LogP contribution is 2.25. The summed E-state index contributed by atoms with van der Waals surface area (Å²) in [5.74, 6) is -0.845. The van der Waals surface area contributed by atoms with Gasteiger partial charge in [-0.1, -0.05) is 79.7 Å². The van der Waals surface area contributed by atoms with Crippen LogP contribution in [0.1, 0.15) is 69.1 Å². The van der Waals surface area contributed by atoms with Crippen LogP contribution < -0.4 is 5.32 Å². The Morgan fingerprint density at radius 2 is 1.54 bits per heavy atom. The zero-order valence-electron chi connectivity index (χ0n) is 26.3. The van der Waals surface area contributed by atoms with Gasteiger partial charge in [-0.3, -0.25) is 14.4 Å². The second-order valence-electron chi connectivity index (χ2n) is 11.3. The number of carboxylic acid groups (broad SMARTS) is 1. The van der Waals surface area contributed by atoms with Gasteiger partial charge in [0.2, 0.25) is 0 Å². The van der Waals surface area contributed by atoms with Gasteiger partial charge in [-0.2, -0.15) is 0 Å². The monoisotopic (exact) mass is 618 g/mol. The zero-order valence-corrected chi connectivity index (χ0v) is 26.3. The van der Waals surface area contributed by atoms with Crippen LogP contribution in [0.3, 0.4) is 0 Å². The largest absolute Gasteiger partial charge is 0.478 e. The number of rotatable bonds is 13. The van der Waals surface area contributed by atoms with Gasteiger partial charge in [0.25, 0.3) is 11.8 Å². The Labute approximate surface area is 268 Å². The molecule has 1 heterocycles. The molecule has 9 heteroatoms. The van der Waals surface area contributed by atoms with Crippen molar-refractivity contribution in [3.63, 3.8) is 0 Å². The van der Waals surface area contributed by atoms with Crippen molar-refractivity contribution in [2.45, 2.75) is 59.4 Å². The summed E-state index contributed by atoms with van der Waals surface area (Å²) in [5, 5.41) is 13.5. The van der Waals surface area contributed by atoms with Gasteiger partial charge in [-0.05, 0) is 66.8 Å². The topological polar surface area (TPSA) is 114 Å². The first kappa shape index (κ1) is 32.1. The van der Waals surface area contributed by atoms with Crippen molar-refractivity contribution in [1.29, 1.82) is 0 Å². The average molecular weight is 619 g/mol. The number of imidazole rings is 1. The molecular weight excluding hydrogens is 580 g/mol. The summed E-state index contributed by atoms with van der Waals surface area (Å²) in [6.07, 6.45) is 1.63. The Bertz CT molecular complexity index is 1820. The molecule has 0 unspecified atom stereocenters. The lowest BCUT2D eigenvalue weighted by Crippen LogP contribution is -2.46. The van der Waals surface area contributed by atoms with Crippen LogP contribution in [-0.4, -0.2) is 43.5 Å². The maximum atomic E-state index is 13.6. The van der Waals surface area contributed by atoms with E-state index in [4.69, 9.17) is 9.82 Å². The summed E-state index contributed by atoms with van der Waals surface area (Å²) in [7, 11) is 0. The molecule has 0 bridgehead atoms. The molecule has 0 fully saturated rings. The summed E-state index contributed by atoms with van der Waals surface area (Å²) in [6, 6.07) is 28.7. The molecule has 46 heavy (non-hydrogen) atoms. The molecule has 4 aromatic carbocycles. The molecule has 5 aromatic rings. The number of aromatic nitrogens is 2. The molecular formula is C37H38N4O5. The Hall–Kier alpha value is -5.28.